The first-order valence-corrected chi connectivity index (χ1v) is 10.6. The van der Waals surface area contributed by atoms with Crippen LogP contribution in [0.4, 0.5) is 16.2 Å². The average molecular weight is 446 g/mol. The number of rotatable bonds is 4. The number of aromatic amines is 2. The van der Waals surface area contributed by atoms with E-state index >= 15 is 0 Å². The highest BCUT2D eigenvalue weighted by Gasteiger charge is 2.08. The van der Waals surface area contributed by atoms with E-state index in [9.17, 15) is 4.79 Å². The lowest BCUT2D eigenvalue weighted by atomic mass is 10.2. The normalized spacial score (nSPS) is 11.1. The molecular formula is C25H18N8O. The number of amides is 2. The number of carbonyl (C=O) groups is 1. The third-order valence-electron chi connectivity index (χ3n) is 5.40. The van der Waals surface area contributed by atoms with Crippen molar-refractivity contribution in [2.75, 3.05) is 10.6 Å². The molecular weight excluding hydrogens is 428 g/mol. The zero-order chi connectivity index (χ0) is 22.9. The van der Waals surface area contributed by atoms with Gasteiger partial charge in [-0.2, -0.15) is 0 Å². The lowest BCUT2D eigenvalue weighted by molar-refractivity contribution is 0.262. The maximum Gasteiger partial charge on any atom is 0.323 e. The Morgan fingerprint density at radius 1 is 0.618 bits per heavy atom. The van der Waals surface area contributed by atoms with Gasteiger partial charge in [0, 0.05) is 34.9 Å². The number of aromatic nitrogens is 6. The fraction of sp³-hybridized carbons (Fsp3) is 0. The fourth-order valence-corrected chi connectivity index (χ4v) is 3.70. The molecule has 0 atom stereocenters. The van der Waals surface area contributed by atoms with Crippen molar-refractivity contribution in [1.29, 1.82) is 0 Å². The van der Waals surface area contributed by atoms with Crippen molar-refractivity contribution in [3.05, 3.63) is 85.5 Å². The summed E-state index contributed by atoms with van der Waals surface area (Å²) < 4.78 is 0. The summed E-state index contributed by atoms with van der Waals surface area (Å²) in [5.41, 5.74) is 6.64. The first kappa shape index (κ1) is 19.6. The molecule has 9 heteroatoms. The van der Waals surface area contributed by atoms with Gasteiger partial charge < -0.3 is 20.6 Å². The van der Waals surface area contributed by atoms with Crippen LogP contribution in [0, 0.1) is 0 Å². The molecule has 4 aromatic heterocycles. The van der Waals surface area contributed by atoms with Crippen LogP contribution in [0.5, 0.6) is 0 Å². The summed E-state index contributed by atoms with van der Waals surface area (Å²) in [5, 5.41) is 5.69. The zero-order valence-electron chi connectivity index (χ0n) is 17.8. The van der Waals surface area contributed by atoms with Crippen molar-refractivity contribution < 1.29 is 4.79 Å². The number of hydrogen-bond acceptors (Lipinski definition) is 5. The van der Waals surface area contributed by atoms with E-state index in [1.54, 1.807) is 24.8 Å². The molecule has 0 spiro atoms. The van der Waals surface area contributed by atoms with Crippen molar-refractivity contribution in [3.8, 4) is 22.8 Å². The van der Waals surface area contributed by atoms with Crippen LogP contribution in [0.25, 0.3) is 44.8 Å². The highest BCUT2D eigenvalue weighted by molar-refractivity contribution is 6.00. The number of H-pyrrole nitrogens is 2. The number of urea groups is 1. The molecule has 164 valence electrons. The number of benzene rings is 2. The minimum Gasteiger partial charge on any atom is -0.337 e. The monoisotopic (exact) mass is 446 g/mol. The Labute approximate surface area is 193 Å². The first-order chi connectivity index (χ1) is 16.7. The topological polar surface area (TPSA) is 124 Å². The zero-order valence-corrected chi connectivity index (χ0v) is 17.8. The van der Waals surface area contributed by atoms with Gasteiger partial charge >= 0.3 is 6.03 Å². The van der Waals surface area contributed by atoms with Crippen LogP contribution >= 0.6 is 0 Å². The molecule has 6 rings (SSSR count). The summed E-state index contributed by atoms with van der Waals surface area (Å²) in [5.74, 6) is 1.50. The molecule has 0 aliphatic rings. The molecule has 0 unspecified atom stereocenters. The number of hydrogen-bond donors (Lipinski definition) is 4. The third-order valence-corrected chi connectivity index (χ3v) is 5.40. The molecule has 9 nitrogen and oxygen atoms in total. The summed E-state index contributed by atoms with van der Waals surface area (Å²) in [7, 11) is 0. The van der Waals surface area contributed by atoms with Gasteiger partial charge in [-0.15, -0.1) is 0 Å². The number of pyridine rings is 2. The number of fused-ring (bicyclic) bond motifs is 2. The number of carbonyl (C=O) groups excluding carboxylic acids is 1. The largest absolute Gasteiger partial charge is 0.337 e. The van der Waals surface area contributed by atoms with E-state index in [1.165, 1.54) is 0 Å². The Kier molecular flexibility index (Phi) is 4.70. The Balaban J connectivity index is 1.11. The molecule has 0 aliphatic heterocycles. The fourth-order valence-electron chi connectivity index (χ4n) is 3.70. The Hall–Kier alpha value is -5.05. The molecule has 0 saturated carbocycles. The second kappa shape index (κ2) is 8.14. The molecule has 4 heterocycles. The highest BCUT2D eigenvalue weighted by atomic mass is 16.2. The van der Waals surface area contributed by atoms with Gasteiger partial charge in [0.25, 0.3) is 0 Å². The minimum absolute atomic E-state index is 0.329. The molecule has 2 amide bonds. The van der Waals surface area contributed by atoms with E-state index in [0.717, 1.165) is 44.8 Å². The number of nitrogens with zero attached hydrogens (tertiary/aromatic N) is 4. The van der Waals surface area contributed by atoms with E-state index < -0.39 is 0 Å². The molecule has 4 N–H and O–H groups in total. The standard InChI is InChI=1S/C25H18N8O/c34-25(28-17-5-1-15(2-6-17)23-30-19-9-11-26-13-21(19)32-23)29-18-7-3-16(4-8-18)24-31-20-10-12-27-14-22(20)33-24/h1-14H,(H,30,32)(H,31,33)(H2,28,29,34). The van der Waals surface area contributed by atoms with Crippen molar-refractivity contribution in [2.45, 2.75) is 0 Å². The molecule has 0 saturated heterocycles. The highest BCUT2D eigenvalue weighted by Crippen LogP contribution is 2.23. The summed E-state index contributed by atoms with van der Waals surface area (Å²) in [6, 6.07) is 18.3. The Bertz CT molecular complexity index is 1430. The lowest BCUT2D eigenvalue weighted by Crippen LogP contribution is -2.19. The van der Waals surface area contributed by atoms with E-state index in [1.807, 2.05) is 60.7 Å². The van der Waals surface area contributed by atoms with Gasteiger partial charge in [-0.05, 0) is 60.7 Å². The maximum absolute atomic E-state index is 12.5. The van der Waals surface area contributed by atoms with E-state index in [4.69, 9.17) is 0 Å². The summed E-state index contributed by atoms with van der Waals surface area (Å²) in [4.78, 5) is 36.3. The molecule has 0 fully saturated rings. The van der Waals surface area contributed by atoms with Crippen molar-refractivity contribution in [2.24, 2.45) is 0 Å². The van der Waals surface area contributed by atoms with Crippen LogP contribution in [-0.2, 0) is 0 Å². The predicted molar refractivity (Wildman–Crippen MR) is 131 cm³/mol. The van der Waals surface area contributed by atoms with Crippen molar-refractivity contribution in [3.63, 3.8) is 0 Å². The Morgan fingerprint density at radius 2 is 1.06 bits per heavy atom. The summed E-state index contributed by atoms with van der Waals surface area (Å²) in [6.45, 7) is 0. The van der Waals surface area contributed by atoms with Gasteiger partial charge in [0.05, 0.1) is 34.5 Å². The van der Waals surface area contributed by atoms with Gasteiger partial charge in [0.2, 0.25) is 0 Å². The second-order valence-electron chi connectivity index (χ2n) is 7.69. The van der Waals surface area contributed by atoms with E-state index in [-0.39, 0.29) is 6.03 Å². The average Bonchev–Trinajstić information content (AvgIpc) is 3.49. The molecule has 0 bridgehead atoms. The van der Waals surface area contributed by atoms with Gasteiger partial charge in [0.1, 0.15) is 11.6 Å². The number of anilines is 2. The Morgan fingerprint density at radius 3 is 1.47 bits per heavy atom. The first-order valence-electron chi connectivity index (χ1n) is 10.6. The van der Waals surface area contributed by atoms with Crippen molar-refractivity contribution in [1.82, 2.24) is 29.9 Å². The van der Waals surface area contributed by atoms with Gasteiger partial charge in [-0.1, -0.05) is 0 Å². The lowest BCUT2D eigenvalue weighted by Gasteiger charge is -2.08. The van der Waals surface area contributed by atoms with Gasteiger partial charge in [0.15, 0.2) is 0 Å². The predicted octanol–water partition coefficient (Wildman–Crippen LogP) is 5.21. The summed E-state index contributed by atoms with van der Waals surface area (Å²) in [6.07, 6.45) is 6.91. The molecule has 0 radical (unpaired) electrons. The van der Waals surface area contributed by atoms with Gasteiger partial charge in [-0.25, -0.2) is 14.8 Å². The minimum atomic E-state index is -0.329. The van der Waals surface area contributed by atoms with Crippen LogP contribution in [0.1, 0.15) is 0 Å². The molecule has 6 aromatic rings. The second-order valence-corrected chi connectivity index (χ2v) is 7.69. The SMILES string of the molecule is O=C(Nc1ccc(-c2nc3ccncc3[nH]2)cc1)Nc1ccc(-c2nc3ccncc3[nH]2)cc1. The van der Waals surface area contributed by atoms with E-state index in [2.05, 4.69) is 40.5 Å². The quantitative estimate of drug-likeness (QED) is 0.296. The molecule has 2 aromatic carbocycles. The summed E-state index contributed by atoms with van der Waals surface area (Å²) >= 11 is 0. The van der Waals surface area contributed by atoms with Crippen LogP contribution in [0.15, 0.2) is 85.5 Å². The van der Waals surface area contributed by atoms with Crippen molar-refractivity contribution >= 4 is 39.5 Å². The van der Waals surface area contributed by atoms with E-state index in [0.29, 0.717) is 11.4 Å². The van der Waals surface area contributed by atoms with Crippen LogP contribution in [0.3, 0.4) is 0 Å². The number of nitrogens with one attached hydrogen (secondary N) is 4. The van der Waals surface area contributed by atoms with Crippen LogP contribution in [0.2, 0.25) is 0 Å². The number of imidazole rings is 2. The smallest absolute Gasteiger partial charge is 0.323 e. The van der Waals surface area contributed by atoms with Crippen LogP contribution in [-0.4, -0.2) is 35.9 Å². The molecule has 0 aliphatic carbocycles. The van der Waals surface area contributed by atoms with Crippen LogP contribution < -0.4 is 10.6 Å². The maximum atomic E-state index is 12.5. The molecule has 34 heavy (non-hydrogen) atoms. The van der Waals surface area contributed by atoms with Gasteiger partial charge in [-0.3, -0.25) is 9.97 Å². The third kappa shape index (κ3) is 3.82.